The molecule has 0 saturated carbocycles. The zero-order chi connectivity index (χ0) is 26.7. The standard InChI is InChI=1S/C27H28ClN5O4/c1-17(34)26(36)32-9-7-19(8-10-32)20-5-6-24-22(12-20)27(37)33(16-30-24)15-25(35)31(2)14-18-3-4-21(13-29)23(28)11-18/h3-6,11-12,16-17,19,34H,7-10,14-15H2,1-2H3. The molecule has 1 saturated heterocycles. The number of carbonyl (C=O) groups excluding carboxylic acids is 2. The number of aromatic nitrogens is 2. The van der Waals surface area contributed by atoms with Gasteiger partial charge < -0.3 is 14.9 Å². The highest BCUT2D eigenvalue weighted by atomic mass is 35.5. The van der Waals surface area contributed by atoms with Gasteiger partial charge in [0.05, 0.1) is 27.8 Å². The summed E-state index contributed by atoms with van der Waals surface area (Å²) in [6, 6.07) is 12.6. The number of halogens is 1. The highest BCUT2D eigenvalue weighted by Crippen LogP contribution is 2.29. The summed E-state index contributed by atoms with van der Waals surface area (Å²) in [6.45, 7) is 2.69. The Bertz CT molecular complexity index is 1440. The van der Waals surface area contributed by atoms with Gasteiger partial charge in [-0.1, -0.05) is 23.7 Å². The smallest absolute Gasteiger partial charge is 0.261 e. The predicted octanol–water partition coefficient (Wildman–Crippen LogP) is 2.67. The topological polar surface area (TPSA) is 120 Å². The van der Waals surface area contributed by atoms with Crippen molar-refractivity contribution in [1.29, 1.82) is 5.26 Å². The van der Waals surface area contributed by atoms with Crippen LogP contribution in [0.1, 0.15) is 42.4 Å². The predicted molar refractivity (Wildman–Crippen MR) is 139 cm³/mol. The third-order valence-electron chi connectivity index (χ3n) is 6.79. The van der Waals surface area contributed by atoms with Gasteiger partial charge in [-0.2, -0.15) is 5.26 Å². The number of nitriles is 1. The number of hydrogen-bond acceptors (Lipinski definition) is 6. The number of carbonyl (C=O) groups is 2. The van der Waals surface area contributed by atoms with E-state index in [0.29, 0.717) is 34.6 Å². The summed E-state index contributed by atoms with van der Waals surface area (Å²) < 4.78 is 1.31. The number of rotatable bonds is 6. The van der Waals surface area contributed by atoms with Crippen LogP contribution in [0.4, 0.5) is 0 Å². The van der Waals surface area contributed by atoms with Crippen molar-refractivity contribution in [3.63, 3.8) is 0 Å². The van der Waals surface area contributed by atoms with E-state index in [4.69, 9.17) is 16.9 Å². The van der Waals surface area contributed by atoms with Gasteiger partial charge in [-0.05, 0) is 61.1 Å². The molecule has 37 heavy (non-hydrogen) atoms. The summed E-state index contributed by atoms with van der Waals surface area (Å²) in [5.74, 6) is -0.349. The summed E-state index contributed by atoms with van der Waals surface area (Å²) >= 11 is 6.09. The maximum absolute atomic E-state index is 13.2. The highest BCUT2D eigenvalue weighted by molar-refractivity contribution is 6.31. The van der Waals surface area contributed by atoms with Crippen LogP contribution in [0, 0.1) is 11.3 Å². The van der Waals surface area contributed by atoms with Gasteiger partial charge >= 0.3 is 0 Å². The Kier molecular flexibility index (Phi) is 7.91. The molecule has 0 aliphatic carbocycles. The molecule has 2 amide bonds. The number of fused-ring (bicyclic) bond motifs is 1. The van der Waals surface area contributed by atoms with Crippen LogP contribution < -0.4 is 5.56 Å². The lowest BCUT2D eigenvalue weighted by atomic mass is 9.88. The van der Waals surface area contributed by atoms with Gasteiger partial charge in [0.15, 0.2) is 0 Å². The second kappa shape index (κ2) is 11.1. The van der Waals surface area contributed by atoms with Crippen molar-refractivity contribution >= 4 is 34.3 Å². The molecule has 2 aromatic carbocycles. The fourth-order valence-corrected chi connectivity index (χ4v) is 4.86. The van der Waals surface area contributed by atoms with Gasteiger partial charge in [-0.25, -0.2) is 4.98 Å². The Hall–Kier alpha value is -3.74. The van der Waals surface area contributed by atoms with Crippen molar-refractivity contribution in [2.75, 3.05) is 20.1 Å². The van der Waals surface area contributed by atoms with E-state index in [9.17, 15) is 19.5 Å². The number of benzene rings is 2. The minimum absolute atomic E-state index is 0.160. The second-order valence-corrected chi connectivity index (χ2v) is 9.81. The minimum atomic E-state index is -1.01. The van der Waals surface area contributed by atoms with E-state index in [1.165, 1.54) is 22.7 Å². The molecule has 1 aliphatic heterocycles. The molecule has 1 atom stereocenters. The molecule has 4 rings (SSSR count). The molecule has 3 aromatic rings. The molecule has 1 aromatic heterocycles. The average molecular weight is 522 g/mol. The van der Waals surface area contributed by atoms with Gasteiger partial charge in [0.2, 0.25) is 5.91 Å². The number of hydrogen-bond donors (Lipinski definition) is 1. The SMILES string of the molecule is CC(O)C(=O)N1CCC(c2ccc3ncn(CC(=O)N(C)Cc4ccc(C#N)c(Cl)c4)c(=O)c3c2)CC1. The molecule has 1 unspecified atom stereocenters. The van der Waals surface area contributed by atoms with Crippen molar-refractivity contribution in [1.82, 2.24) is 19.4 Å². The van der Waals surface area contributed by atoms with Crippen LogP contribution in [0.3, 0.4) is 0 Å². The van der Waals surface area contributed by atoms with Crippen LogP contribution in [0.25, 0.3) is 10.9 Å². The van der Waals surface area contributed by atoms with Gasteiger partial charge in [0, 0.05) is 26.7 Å². The Balaban J connectivity index is 1.47. The summed E-state index contributed by atoms with van der Waals surface area (Å²) in [6.07, 6.45) is 1.85. The van der Waals surface area contributed by atoms with E-state index in [1.54, 1.807) is 30.1 Å². The maximum Gasteiger partial charge on any atom is 0.261 e. The first kappa shape index (κ1) is 26.3. The van der Waals surface area contributed by atoms with Crippen molar-refractivity contribution in [3.05, 3.63) is 74.8 Å². The van der Waals surface area contributed by atoms with E-state index in [0.717, 1.165) is 24.0 Å². The lowest BCUT2D eigenvalue weighted by Gasteiger charge is -2.33. The van der Waals surface area contributed by atoms with Crippen LogP contribution in [-0.4, -0.2) is 62.5 Å². The zero-order valence-corrected chi connectivity index (χ0v) is 21.5. The quantitative estimate of drug-likeness (QED) is 0.532. The summed E-state index contributed by atoms with van der Waals surface area (Å²) in [5, 5.41) is 19.3. The molecule has 0 radical (unpaired) electrons. The number of amides is 2. The van der Waals surface area contributed by atoms with Gasteiger partial charge in [-0.3, -0.25) is 19.0 Å². The lowest BCUT2D eigenvalue weighted by Crippen LogP contribution is -2.42. The largest absolute Gasteiger partial charge is 0.384 e. The van der Waals surface area contributed by atoms with Crippen LogP contribution in [-0.2, 0) is 22.7 Å². The van der Waals surface area contributed by atoms with Crippen molar-refractivity contribution in [2.45, 2.75) is 44.9 Å². The number of aliphatic hydroxyl groups excluding tert-OH is 1. The molecular formula is C27H28ClN5O4. The van der Waals surface area contributed by atoms with Gasteiger partial charge in [-0.15, -0.1) is 0 Å². The minimum Gasteiger partial charge on any atom is -0.384 e. The molecule has 1 aliphatic rings. The molecule has 10 heteroatoms. The molecule has 192 valence electrons. The Morgan fingerprint density at radius 3 is 2.62 bits per heavy atom. The number of piperidine rings is 1. The molecule has 2 heterocycles. The van der Waals surface area contributed by atoms with Crippen LogP contribution in [0.15, 0.2) is 47.5 Å². The molecule has 0 bridgehead atoms. The number of likely N-dealkylation sites (tertiary alicyclic amines) is 1. The normalized spacial score (nSPS) is 14.8. The number of nitrogens with zero attached hydrogens (tertiary/aromatic N) is 5. The van der Waals surface area contributed by atoms with E-state index in [-0.39, 0.29) is 36.4 Å². The fraction of sp³-hybridized carbons (Fsp3) is 0.370. The molecular weight excluding hydrogens is 494 g/mol. The molecule has 1 fully saturated rings. The summed E-state index contributed by atoms with van der Waals surface area (Å²) in [7, 11) is 1.64. The third-order valence-corrected chi connectivity index (χ3v) is 7.10. The van der Waals surface area contributed by atoms with Gasteiger partial charge in [0.1, 0.15) is 18.7 Å². The van der Waals surface area contributed by atoms with Crippen LogP contribution in [0.2, 0.25) is 5.02 Å². The summed E-state index contributed by atoms with van der Waals surface area (Å²) in [5.41, 5.74) is 2.40. The Labute approximate surface area is 219 Å². The van der Waals surface area contributed by atoms with Crippen molar-refractivity contribution in [3.8, 4) is 6.07 Å². The van der Waals surface area contributed by atoms with Gasteiger partial charge in [0.25, 0.3) is 11.5 Å². The zero-order valence-electron chi connectivity index (χ0n) is 20.7. The fourth-order valence-electron chi connectivity index (χ4n) is 4.62. The van der Waals surface area contributed by atoms with E-state index < -0.39 is 6.10 Å². The maximum atomic E-state index is 13.2. The average Bonchev–Trinajstić information content (AvgIpc) is 2.89. The first-order chi connectivity index (χ1) is 17.7. The van der Waals surface area contributed by atoms with Crippen LogP contribution in [0.5, 0.6) is 0 Å². The van der Waals surface area contributed by atoms with E-state index in [1.807, 2.05) is 24.3 Å². The first-order valence-electron chi connectivity index (χ1n) is 12.1. The summed E-state index contributed by atoms with van der Waals surface area (Å²) in [4.78, 5) is 45.7. The first-order valence-corrected chi connectivity index (χ1v) is 12.4. The highest BCUT2D eigenvalue weighted by Gasteiger charge is 2.26. The van der Waals surface area contributed by atoms with E-state index in [2.05, 4.69) is 4.98 Å². The molecule has 9 nitrogen and oxygen atoms in total. The van der Waals surface area contributed by atoms with E-state index >= 15 is 0 Å². The van der Waals surface area contributed by atoms with Crippen LogP contribution >= 0.6 is 11.6 Å². The Morgan fingerprint density at radius 1 is 1.24 bits per heavy atom. The van der Waals surface area contributed by atoms with Crippen molar-refractivity contribution in [2.24, 2.45) is 0 Å². The monoisotopic (exact) mass is 521 g/mol. The number of likely N-dealkylation sites (N-methyl/N-ethyl adjacent to an activating group) is 1. The third kappa shape index (κ3) is 5.82. The second-order valence-electron chi connectivity index (χ2n) is 9.41. The lowest BCUT2D eigenvalue weighted by molar-refractivity contribution is -0.140. The molecule has 0 spiro atoms. The van der Waals surface area contributed by atoms with Crippen molar-refractivity contribution < 1.29 is 14.7 Å². The molecule has 1 N–H and O–H groups in total. The number of aliphatic hydroxyl groups is 1. The Morgan fingerprint density at radius 2 is 1.97 bits per heavy atom.